The zero-order chi connectivity index (χ0) is 13.5. The molecule has 0 aromatic heterocycles. The predicted molar refractivity (Wildman–Crippen MR) is 69.0 cm³/mol. The van der Waals surface area contributed by atoms with Crippen LogP contribution in [0.2, 0.25) is 0 Å². The Morgan fingerprint density at radius 1 is 1.44 bits per heavy atom. The topological polar surface area (TPSA) is 67.4 Å². The van der Waals surface area contributed by atoms with E-state index in [-0.39, 0.29) is 17.8 Å². The maximum Gasteiger partial charge on any atom is 0.328 e. The van der Waals surface area contributed by atoms with Crippen LogP contribution in [-0.4, -0.2) is 38.1 Å². The van der Waals surface area contributed by atoms with Crippen LogP contribution >= 0.6 is 0 Å². The van der Waals surface area contributed by atoms with Crippen molar-refractivity contribution in [2.24, 2.45) is 11.8 Å². The van der Waals surface area contributed by atoms with Crippen molar-refractivity contribution in [2.45, 2.75) is 39.2 Å². The van der Waals surface area contributed by atoms with Gasteiger partial charge in [-0.2, -0.15) is 0 Å². The number of carbonyl (C=O) groups excluding carboxylic acids is 2. The first-order valence-corrected chi connectivity index (χ1v) is 6.63. The molecule has 1 aliphatic heterocycles. The lowest BCUT2D eigenvalue weighted by molar-refractivity contribution is -0.146. The third kappa shape index (κ3) is 4.64. The van der Waals surface area contributed by atoms with Gasteiger partial charge in [0.25, 0.3) is 0 Å². The van der Waals surface area contributed by atoms with Crippen molar-refractivity contribution in [3.63, 3.8) is 0 Å². The molecule has 1 amide bonds. The van der Waals surface area contributed by atoms with Crippen LogP contribution in [0.4, 0.5) is 0 Å². The minimum absolute atomic E-state index is 0.0296. The summed E-state index contributed by atoms with van der Waals surface area (Å²) in [6.45, 7) is 5.70. The molecule has 5 heteroatoms. The quantitative estimate of drug-likeness (QED) is 0.710. The molecule has 1 heterocycles. The summed E-state index contributed by atoms with van der Waals surface area (Å²) in [6, 6.07) is -0.524. The summed E-state index contributed by atoms with van der Waals surface area (Å²) in [5.74, 6) is -0.101. The highest BCUT2D eigenvalue weighted by Gasteiger charge is 2.27. The first-order valence-electron chi connectivity index (χ1n) is 6.63. The van der Waals surface area contributed by atoms with Gasteiger partial charge in [0.1, 0.15) is 6.04 Å². The first-order chi connectivity index (χ1) is 8.54. The van der Waals surface area contributed by atoms with Crippen LogP contribution in [0.5, 0.6) is 0 Å². The molecule has 5 nitrogen and oxygen atoms in total. The van der Waals surface area contributed by atoms with Crippen molar-refractivity contribution >= 4 is 11.9 Å². The molecule has 0 saturated carbocycles. The second kappa shape index (κ2) is 7.36. The van der Waals surface area contributed by atoms with Crippen LogP contribution < -0.4 is 10.6 Å². The summed E-state index contributed by atoms with van der Waals surface area (Å²) in [5.41, 5.74) is 0. The Balaban J connectivity index is 2.52. The van der Waals surface area contributed by atoms with Gasteiger partial charge in [0.15, 0.2) is 0 Å². The van der Waals surface area contributed by atoms with E-state index in [9.17, 15) is 9.59 Å². The monoisotopic (exact) mass is 256 g/mol. The molecule has 0 aliphatic carbocycles. The van der Waals surface area contributed by atoms with E-state index in [1.807, 2.05) is 13.8 Å². The third-order valence-corrected chi connectivity index (χ3v) is 3.18. The second-order valence-electron chi connectivity index (χ2n) is 5.26. The fraction of sp³-hybridized carbons (Fsp3) is 0.846. The SMILES string of the molecule is COC(=O)[C@H](CC(C)C)NC(=O)[C@@H]1CCCNC1. The minimum atomic E-state index is -0.524. The average molecular weight is 256 g/mol. The molecule has 1 aliphatic rings. The van der Waals surface area contributed by atoms with Crippen LogP contribution in [0.15, 0.2) is 0 Å². The Hall–Kier alpha value is -1.10. The number of ether oxygens (including phenoxy) is 1. The van der Waals surface area contributed by atoms with Gasteiger partial charge in [-0.3, -0.25) is 4.79 Å². The molecule has 2 N–H and O–H groups in total. The molecule has 0 spiro atoms. The van der Waals surface area contributed by atoms with Crippen molar-refractivity contribution in [2.75, 3.05) is 20.2 Å². The van der Waals surface area contributed by atoms with Gasteiger partial charge in [-0.15, -0.1) is 0 Å². The van der Waals surface area contributed by atoms with Crippen molar-refractivity contribution in [1.82, 2.24) is 10.6 Å². The zero-order valence-corrected chi connectivity index (χ0v) is 11.5. The summed E-state index contributed by atoms with van der Waals surface area (Å²) in [4.78, 5) is 23.7. The fourth-order valence-electron chi connectivity index (χ4n) is 2.19. The second-order valence-corrected chi connectivity index (χ2v) is 5.26. The van der Waals surface area contributed by atoms with Crippen LogP contribution in [0.1, 0.15) is 33.1 Å². The normalized spacial score (nSPS) is 21.4. The highest BCUT2D eigenvalue weighted by Crippen LogP contribution is 2.12. The van der Waals surface area contributed by atoms with E-state index in [1.54, 1.807) is 0 Å². The molecule has 0 bridgehead atoms. The van der Waals surface area contributed by atoms with Gasteiger partial charge in [-0.05, 0) is 31.7 Å². The number of amides is 1. The molecule has 1 saturated heterocycles. The van der Waals surface area contributed by atoms with Gasteiger partial charge in [-0.1, -0.05) is 13.8 Å². The molecule has 0 radical (unpaired) electrons. The van der Waals surface area contributed by atoms with E-state index in [4.69, 9.17) is 4.74 Å². The van der Waals surface area contributed by atoms with Crippen LogP contribution in [0, 0.1) is 11.8 Å². The molecule has 0 aromatic rings. The first kappa shape index (κ1) is 15.0. The molecule has 0 aromatic carbocycles. The fourth-order valence-corrected chi connectivity index (χ4v) is 2.19. The number of methoxy groups -OCH3 is 1. The van der Waals surface area contributed by atoms with Gasteiger partial charge < -0.3 is 15.4 Å². The molecule has 2 atom stereocenters. The summed E-state index contributed by atoms with van der Waals surface area (Å²) < 4.78 is 4.73. The molecular weight excluding hydrogens is 232 g/mol. The van der Waals surface area contributed by atoms with Crippen molar-refractivity contribution in [1.29, 1.82) is 0 Å². The highest BCUT2D eigenvalue weighted by molar-refractivity contribution is 5.85. The van der Waals surface area contributed by atoms with Crippen LogP contribution in [0.25, 0.3) is 0 Å². The summed E-state index contributed by atoms with van der Waals surface area (Å²) >= 11 is 0. The maximum atomic E-state index is 12.1. The van der Waals surface area contributed by atoms with Crippen molar-refractivity contribution in [3.05, 3.63) is 0 Å². The standard InChI is InChI=1S/C13H24N2O3/c1-9(2)7-11(13(17)18-3)15-12(16)10-5-4-6-14-8-10/h9-11,14H,4-8H2,1-3H3,(H,15,16)/t10-,11+/m1/s1. The molecular formula is C13H24N2O3. The Morgan fingerprint density at radius 2 is 2.17 bits per heavy atom. The lowest BCUT2D eigenvalue weighted by Crippen LogP contribution is -2.48. The van der Waals surface area contributed by atoms with Crippen LogP contribution in [0.3, 0.4) is 0 Å². The Labute approximate surface area is 109 Å². The number of carbonyl (C=O) groups is 2. The van der Waals surface area contributed by atoms with Gasteiger partial charge in [0.2, 0.25) is 5.91 Å². The van der Waals surface area contributed by atoms with Crippen molar-refractivity contribution in [3.8, 4) is 0 Å². The van der Waals surface area contributed by atoms with E-state index in [1.165, 1.54) is 7.11 Å². The number of rotatable bonds is 5. The van der Waals surface area contributed by atoms with Crippen LogP contribution in [-0.2, 0) is 14.3 Å². The summed E-state index contributed by atoms with van der Waals surface area (Å²) in [5, 5.41) is 6.01. The number of hydrogen-bond acceptors (Lipinski definition) is 4. The smallest absolute Gasteiger partial charge is 0.328 e. The molecule has 1 rings (SSSR count). The predicted octanol–water partition coefficient (Wildman–Crippen LogP) is 0.690. The molecule has 0 unspecified atom stereocenters. The van der Waals surface area contributed by atoms with E-state index in [2.05, 4.69) is 10.6 Å². The Kier molecular flexibility index (Phi) is 6.12. The zero-order valence-electron chi connectivity index (χ0n) is 11.5. The number of hydrogen-bond donors (Lipinski definition) is 2. The van der Waals surface area contributed by atoms with Gasteiger partial charge in [-0.25, -0.2) is 4.79 Å². The van der Waals surface area contributed by atoms with E-state index in [0.29, 0.717) is 18.9 Å². The minimum Gasteiger partial charge on any atom is -0.467 e. The average Bonchev–Trinajstić information content (AvgIpc) is 2.37. The lowest BCUT2D eigenvalue weighted by Gasteiger charge is -2.25. The number of nitrogens with one attached hydrogen (secondary N) is 2. The largest absolute Gasteiger partial charge is 0.467 e. The highest BCUT2D eigenvalue weighted by atomic mass is 16.5. The Bertz CT molecular complexity index is 286. The summed E-state index contributed by atoms with van der Waals surface area (Å²) in [6.07, 6.45) is 2.50. The molecule has 18 heavy (non-hydrogen) atoms. The number of piperidine rings is 1. The Morgan fingerprint density at radius 3 is 2.67 bits per heavy atom. The summed E-state index contributed by atoms with van der Waals surface area (Å²) in [7, 11) is 1.35. The maximum absolute atomic E-state index is 12.1. The van der Waals surface area contributed by atoms with E-state index < -0.39 is 6.04 Å². The number of esters is 1. The lowest BCUT2D eigenvalue weighted by atomic mass is 9.97. The van der Waals surface area contributed by atoms with E-state index >= 15 is 0 Å². The van der Waals surface area contributed by atoms with Gasteiger partial charge in [0.05, 0.1) is 13.0 Å². The third-order valence-electron chi connectivity index (χ3n) is 3.18. The van der Waals surface area contributed by atoms with Gasteiger partial charge in [0, 0.05) is 6.54 Å². The molecule has 104 valence electrons. The van der Waals surface area contributed by atoms with Crippen molar-refractivity contribution < 1.29 is 14.3 Å². The van der Waals surface area contributed by atoms with Gasteiger partial charge >= 0.3 is 5.97 Å². The van der Waals surface area contributed by atoms with E-state index in [0.717, 1.165) is 19.4 Å². The molecule has 1 fully saturated rings.